The third-order valence-corrected chi connectivity index (χ3v) is 9.14. The van der Waals surface area contributed by atoms with Crippen molar-refractivity contribution in [1.82, 2.24) is 0 Å². The number of nitrogen functional groups attached to an aromatic ring is 1. The van der Waals surface area contributed by atoms with Gasteiger partial charge in [0.1, 0.15) is 26.9 Å². The highest BCUT2D eigenvalue weighted by molar-refractivity contribution is 7.94. The Kier molecular flexibility index (Phi) is 9.97. The van der Waals surface area contributed by atoms with E-state index >= 15 is 0 Å². The summed E-state index contributed by atoms with van der Waals surface area (Å²) in [5.74, 6) is -2.25. The Bertz CT molecular complexity index is 2380. The van der Waals surface area contributed by atoms with Crippen LogP contribution >= 0.6 is 12.0 Å². The number of anilines is 1. The van der Waals surface area contributed by atoms with Crippen molar-refractivity contribution in [2.24, 2.45) is 20.5 Å². The van der Waals surface area contributed by atoms with Crippen molar-refractivity contribution in [2.75, 3.05) is 5.73 Å². The van der Waals surface area contributed by atoms with Gasteiger partial charge in [-0.3, -0.25) is 23.8 Å². The van der Waals surface area contributed by atoms with Crippen molar-refractivity contribution in [3.05, 3.63) is 58.6 Å². The Morgan fingerprint density at radius 1 is 0.750 bits per heavy atom. The summed E-state index contributed by atoms with van der Waals surface area (Å²) in [6.07, 6.45) is 0. The van der Waals surface area contributed by atoms with Crippen molar-refractivity contribution < 1.29 is 68.7 Å². The van der Waals surface area contributed by atoms with Crippen molar-refractivity contribution in [1.29, 1.82) is 0 Å². The fourth-order valence-corrected chi connectivity index (χ4v) is 6.41. The van der Waals surface area contributed by atoms with E-state index in [1.807, 2.05) is 0 Å². The second kappa shape index (κ2) is 13.3. The van der Waals surface area contributed by atoms with Crippen LogP contribution in [0.15, 0.2) is 88.6 Å². The number of phenols is 2. The molecule has 0 bridgehead atoms. The summed E-state index contributed by atoms with van der Waals surface area (Å²) in [6.45, 7) is 0. The lowest BCUT2D eigenvalue weighted by Crippen LogP contribution is -2.02. The minimum absolute atomic E-state index is 0.0935. The zero-order chi connectivity index (χ0) is 35.8. The molecule has 0 atom stereocenters. The summed E-state index contributed by atoms with van der Waals surface area (Å²) >= 11 is 0.134. The third-order valence-electron chi connectivity index (χ3n) is 5.89. The van der Waals surface area contributed by atoms with E-state index in [1.165, 1.54) is 6.07 Å². The average molecular weight is 749 g/mol. The summed E-state index contributed by atoms with van der Waals surface area (Å²) < 4.78 is 105. The van der Waals surface area contributed by atoms with Crippen molar-refractivity contribution >= 4 is 87.3 Å². The van der Waals surface area contributed by atoms with Crippen LogP contribution in [-0.2, 0) is 39.7 Å². The molecule has 0 fully saturated rings. The van der Waals surface area contributed by atoms with Gasteiger partial charge in [-0.2, -0.15) is 30.4 Å². The molecule has 0 aromatic heterocycles. The van der Waals surface area contributed by atoms with E-state index in [2.05, 4.69) is 29.8 Å². The zero-order valence-corrected chi connectivity index (χ0v) is 26.1. The molecule has 0 amide bonds. The number of aromatic hydroxyl groups is 2. The smallest absolute Gasteiger partial charge is 0.301 e. The van der Waals surface area contributed by atoms with Gasteiger partial charge in [0.25, 0.3) is 25.9 Å². The Balaban J connectivity index is 1.99. The number of benzene rings is 4. The van der Waals surface area contributed by atoms with Gasteiger partial charge in [-0.05, 0) is 47.9 Å². The number of phenolic OH excluding ortho intramolecular Hbond substituents is 2. The lowest BCUT2D eigenvalue weighted by Gasteiger charge is -2.13. The largest absolute Gasteiger partial charge is 0.505 e. The standard InChI is InChI=1S/C22H16N6O16S4/c23-10-1-3-12(15(7-10)46(34,35)36)25-26-19-14(45-44-43-33)5-9-6-17(48(40,41)42)20(22(30)18(9)21(19)29)27-24-11-2-4-13(28(31)32)16(8-11)47(37,38)39/h1-8,29-30,33H,23H2,(H,34,35,36)(H,37,38,39)(H,40,41,42)/b26-25+,27-24+. The highest BCUT2D eigenvalue weighted by Gasteiger charge is 2.28. The van der Waals surface area contributed by atoms with E-state index in [-0.39, 0.29) is 28.0 Å². The van der Waals surface area contributed by atoms with E-state index in [0.717, 1.165) is 24.3 Å². The van der Waals surface area contributed by atoms with E-state index in [4.69, 9.17) is 11.0 Å². The van der Waals surface area contributed by atoms with Gasteiger partial charge in [0.05, 0.1) is 32.9 Å². The maximum Gasteiger partial charge on any atom is 0.301 e. The number of nitrogens with zero attached hydrogens (tertiary/aromatic N) is 5. The Labute approximate surface area is 271 Å². The average Bonchev–Trinajstić information content (AvgIpc) is 2.97. The molecule has 0 saturated carbocycles. The van der Waals surface area contributed by atoms with Crippen LogP contribution in [0.2, 0.25) is 0 Å². The van der Waals surface area contributed by atoms with Gasteiger partial charge in [-0.15, -0.1) is 19.7 Å². The normalized spacial score (nSPS) is 12.8. The summed E-state index contributed by atoms with van der Waals surface area (Å²) in [5, 5.41) is 59.0. The quantitative estimate of drug-likeness (QED) is 0.0207. The summed E-state index contributed by atoms with van der Waals surface area (Å²) in [5.41, 5.74) is 1.64. The van der Waals surface area contributed by atoms with Crippen LogP contribution in [0, 0.1) is 10.1 Å². The number of hydrogen-bond donors (Lipinski definition) is 7. The fraction of sp³-hybridized carbons (Fsp3) is 0. The molecule has 0 aliphatic rings. The highest BCUT2D eigenvalue weighted by Crippen LogP contribution is 2.51. The first-order chi connectivity index (χ1) is 22.2. The van der Waals surface area contributed by atoms with Gasteiger partial charge in [-0.1, -0.05) is 5.04 Å². The monoisotopic (exact) mass is 748 g/mol. The SMILES string of the molecule is Nc1ccc(/N=N/c2c(SOOO)cc3cc(S(=O)(=O)O)c(/N=N/c4ccc([N+](=O)[O-])c(S(=O)(=O)O)c4)c(O)c3c2O)c(S(=O)(=O)O)c1. The van der Waals surface area contributed by atoms with E-state index in [1.54, 1.807) is 0 Å². The molecule has 0 radical (unpaired) electrons. The first kappa shape index (κ1) is 35.9. The molecule has 4 aromatic rings. The number of fused-ring (bicyclic) bond motifs is 1. The highest BCUT2D eigenvalue weighted by atomic mass is 32.2. The van der Waals surface area contributed by atoms with Crippen molar-refractivity contribution in [2.45, 2.75) is 19.6 Å². The van der Waals surface area contributed by atoms with Crippen LogP contribution in [0.4, 0.5) is 34.1 Å². The first-order valence-corrected chi connectivity index (χ1v) is 16.9. The summed E-state index contributed by atoms with van der Waals surface area (Å²) in [7, 11) is -15.4. The molecule has 0 saturated heterocycles. The van der Waals surface area contributed by atoms with Gasteiger partial charge < -0.3 is 15.9 Å². The van der Waals surface area contributed by atoms with Crippen LogP contribution in [0.5, 0.6) is 11.5 Å². The maximum atomic E-state index is 12.3. The molecule has 0 aliphatic carbocycles. The Hall–Kier alpha value is -4.90. The topological polar surface area (TPSA) is 361 Å². The minimum atomic E-state index is -5.28. The number of nitrogens with two attached hydrogens (primary N) is 1. The van der Waals surface area contributed by atoms with Crippen LogP contribution < -0.4 is 5.73 Å². The predicted molar refractivity (Wildman–Crippen MR) is 160 cm³/mol. The number of nitro groups is 1. The zero-order valence-electron chi connectivity index (χ0n) is 22.8. The van der Waals surface area contributed by atoms with E-state index < -0.39 is 95.3 Å². The number of nitro benzene ring substituents is 1. The predicted octanol–water partition coefficient (Wildman–Crippen LogP) is 4.74. The second-order valence-corrected chi connectivity index (χ2v) is 13.8. The van der Waals surface area contributed by atoms with Crippen LogP contribution in [0.1, 0.15) is 0 Å². The molecule has 0 aliphatic heterocycles. The summed E-state index contributed by atoms with van der Waals surface area (Å²) in [6, 6.07) is 6.63. The lowest BCUT2D eigenvalue weighted by molar-refractivity contribution is -0.432. The van der Waals surface area contributed by atoms with Crippen molar-refractivity contribution in [3.63, 3.8) is 0 Å². The van der Waals surface area contributed by atoms with E-state index in [0.29, 0.717) is 18.2 Å². The molecular formula is C22H16N6O16S4. The van der Waals surface area contributed by atoms with Crippen molar-refractivity contribution in [3.8, 4) is 11.5 Å². The molecule has 4 rings (SSSR count). The molecule has 0 spiro atoms. The number of hydrogen-bond acceptors (Lipinski definition) is 19. The van der Waals surface area contributed by atoms with Gasteiger partial charge in [0.15, 0.2) is 16.4 Å². The number of rotatable bonds is 11. The fourth-order valence-electron chi connectivity index (χ4n) is 3.92. The maximum absolute atomic E-state index is 12.3. The molecule has 254 valence electrons. The number of azo groups is 2. The Morgan fingerprint density at radius 2 is 1.35 bits per heavy atom. The van der Waals surface area contributed by atoms with E-state index in [9.17, 15) is 59.2 Å². The minimum Gasteiger partial charge on any atom is -0.505 e. The summed E-state index contributed by atoms with van der Waals surface area (Å²) in [4.78, 5) is 6.53. The molecule has 0 unspecified atom stereocenters. The third kappa shape index (κ3) is 7.62. The molecule has 4 aromatic carbocycles. The molecule has 48 heavy (non-hydrogen) atoms. The molecule has 8 N–H and O–H groups in total. The van der Waals surface area contributed by atoms with Crippen LogP contribution in [-0.4, -0.2) is 59.3 Å². The lowest BCUT2D eigenvalue weighted by atomic mass is 10.1. The van der Waals surface area contributed by atoms with Crippen LogP contribution in [0.3, 0.4) is 0 Å². The van der Waals surface area contributed by atoms with Gasteiger partial charge in [-0.25, -0.2) is 5.26 Å². The molecule has 22 nitrogen and oxygen atoms in total. The molecule has 26 heteroatoms. The molecule has 0 heterocycles. The van der Waals surface area contributed by atoms with Gasteiger partial charge in [0.2, 0.25) is 0 Å². The molecular weight excluding hydrogens is 733 g/mol. The first-order valence-electron chi connectivity index (χ1n) is 11.9. The second-order valence-electron chi connectivity index (χ2n) is 8.93. The van der Waals surface area contributed by atoms with Crippen LogP contribution in [0.25, 0.3) is 10.8 Å². The van der Waals surface area contributed by atoms with Gasteiger partial charge in [0, 0.05) is 11.8 Å². The van der Waals surface area contributed by atoms with Gasteiger partial charge >= 0.3 is 10.1 Å². The Morgan fingerprint density at radius 3 is 1.94 bits per heavy atom.